The van der Waals surface area contributed by atoms with E-state index in [4.69, 9.17) is 0 Å². The fraction of sp³-hybridized carbons (Fsp3) is 0.458. The first-order valence-corrected chi connectivity index (χ1v) is 11.5. The smallest absolute Gasteiger partial charge is 0.240 e. The lowest BCUT2D eigenvalue weighted by molar-refractivity contribution is -0.123. The van der Waals surface area contributed by atoms with E-state index in [1.807, 2.05) is 5.38 Å². The van der Waals surface area contributed by atoms with Crippen LogP contribution in [0.1, 0.15) is 45.6 Å². The Balaban J connectivity index is 1.43. The van der Waals surface area contributed by atoms with Crippen LogP contribution in [0.15, 0.2) is 40.8 Å². The minimum Gasteiger partial charge on any atom is -0.274 e. The zero-order chi connectivity index (χ0) is 20.3. The summed E-state index contributed by atoms with van der Waals surface area (Å²) in [4.78, 5) is 32.6. The number of benzene rings is 1. The van der Waals surface area contributed by atoms with E-state index in [9.17, 15) is 9.59 Å². The maximum absolute atomic E-state index is 13.3. The van der Waals surface area contributed by atoms with Crippen LogP contribution in [-0.4, -0.2) is 16.8 Å². The fourth-order valence-corrected chi connectivity index (χ4v) is 6.65. The first kappa shape index (κ1) is 18.7. The normalized spacial score (nSPS) is 27.8. The van der Waals surface area contributed by atoms with Crippen molar-refractivity contribution in [1.82, 2.24) is 4.98 Å². The predicted octanol–water partition coefficient (Wildman–Crippen LogP) is 5.24. The number of imide groups is 1. The zero-order valence-corrected chi connectivity index (χ0v) is 18.0. The van der Waals surface area contributed by atoms with Crippen molar-refractivity contribution in [3.05, 3.63) is 46.4 Å². The largest absolute Gasteiger partial charge is 0.274 e. The number of carbonyl (C=O) groups is 2. The first-order chi connectivity index (χ1) is 14.0. The number of aromatic nitrogens is 1. The van der Waals surface area contributed by atoms with Crippen LogP contribution in [-0.2, 0) is 16.0 Å². The van der Waals surface area contributed by atoms with Gasteiger partial charge in [0.05, 0.1) is 17.5 Å². The van der Waals surface area contributed by atoms with Crippen LogP contribution in [0.3, 0.4) is 0 Å². The highest BCUT2D eigenvalue weighted by Gasteiger charge is 2.64. The molecule has 4 nitrogen and oxygen atoms in total. The van der Waals surface area contributed by atoms with Gasteiger partial charge < -0.3 is 0 Å². The highest BCUT2D eigenvalue weighted by molar-refractivity contribution is 7.14. The van der Waals surface area contributed by atoms with Gasteiger partial charge in [-0.3, -0.25) is 9.59 Å². The number of thiazole rings is 1. The van der Waals surface area contributed by atoms with Crippen LogP contribution in [0.2, 0.25) is 0 Å². The monoisotopic (exact) mass is 406 g/mol. The molecule has 2 aromatic rings. The molecule has 4 atom stereocenters. The van der Waals surface area contributed by atoms with Crippen LogP contribution in [0.4, 0.5) is 5.13 Å². The van der Waals surface area contributed by atoms with Gasteiger partial charge in [0.15, 0.2) is 5.13 Å². The third-order valence-electron chi connectivity index (χ3n) is 6.90. The summed E-state index contributed by atoms with van der Waals surface area (Å²) in [6.45, 7) is 6.41. The molecule has 2 aliphatic carbocycles. The van der Waals surface area contributed by atoms with Crippen LogP contribution in [0.25, 0.3) is 11.3 Å². The molecule has 0 N–H and O–H groups in total. The lowest BCUT2D eigenvalue weighted by atomic mass is 9.81. The molecule has 1 saturated heterocycles. The summed E-state index contributed by atoms with van der Waals surface area (Å²) < 4.78 is 0. The van der Waals surface area contributed by atoms with E-state index < -0.39 is 0 Å². The molecular formula is C24H26N2O2S. The van der Waals surface area contributed by atoms with E-state index in [2.05, 4.69) is 50.0 Å². The molecule has 2 saturated carbocycles. The number of rotatable bonds is 4. The molecule has 2 amide bonds. The average Bonchev–Trinajstić information content (AvgIpc) is 3.45. The summed E-state index contributed by atoms with van der Waals surface area (Å²) in [5.74, 6) is 0.0814. The Hall–Kier alpha value is -2.27. The summed E-state index contributed by atoms with van der Waals surface area (Å²) >= 11 is 1.39. The fourth-order valence-electron chi connectivity index (χ4n) is 5.81. The Bertz CT molecular complexity index is 984. The highest BCUT2D eigenvalue weighted by Crippen LogP contribution is 2.60. The number of fused-ring (bicyclic) bond motifs is 5. The molecule has 3 aliphatic rings. The van der Waals surface area contributed by atoms with E-state index in [1.54, 1.807) is 0 Å². The Morgan fingerprint density at radius 2 is 1.69 bits per heavy atom. The molecule has 1 aromatic heterocycles. The second kappa shape index (κ2) is 6.91. The number of hydrogen-bond donors (Lipinski definition) is 0. The van der Waals surface area contributed by atoms with Gasteiger partial charge in [0.1, 0.15) is 0 Å². The number of hydrogen-bond acceptors (Lipinski definition) is 4. The van der Waals surface area contributed by atoms with Crippen molar-refractivity contribution in [2.75, 3.05) is 4.90 Å². The summed E-state index contributed by atoms with van der Waals surface area (Å²) in [7, 11) is 0. The summed E-state index contributed by atoms with van der Waals surface area (Å²) in [5, 5.41) is 2.48. The van der Waals surface area contributed by atoms with Gasteiger partial charge >= 0.3 is 0 Å². The Morgan fingerprint density at radius 3 is 2.24 bits per heavy atom. The maximum atomic E-state index is 13.3. The topological polar surface area (TPSA) is 50.3 Å². The third-order valence-corrected chi connectivity index (χ3v) is 7.73. The number of aryl methyl sites for hydroxylation is 1. The van der Waals surface area contributed by atoms with Crippen LogP contribution >= 0.6 is 11.3 Å². The van der Waals surface area contributed by atoms with E-state index in [0.29, 0.717) is 5.13 Å². The minimum absolute atomic E-state index is 0.0369. The molecule has 0 spiro atoms. The molecule has 29 heavy (non-hydrogen) atoms. The van der Waals surface area contributed by atoms with Gasteiger partial charge in [0.2, 0.25) is 11.8 Å². The van der Waals surface area contributed by atoms with Gasteiger partial charge in [-0.1, -0.05) is 48.8 Å². The van der Waals surface area contributed by atoms with E-state index >= 15 is 0 Å². The second-order valence-corrected chi connectivity index (χ2v) is 9.61. The summed E-state index contributed by atoms with van der Waals surface area (Å²) in [5.41, 5.74) is 5.85. The van der Waals surface area contributed by atoms with Gasteiger partial charge in [0.25, 0.3) is 0 Å². The van der Waals surface area contributed by atoms with Crippen molar-refractivity contribution in [3.8, 4) is 11.3 Å². The number of amides is 2. The van der Waals surface area contributed by atoms with E-state index in [0.717, 1.165) is 36.9 Å². The van der Waals surface area contributed by atoms with Gasteiger partial charge in [-0.15, -0.1) is 11.3 Å². The molecule has 5 rings (SSSR count). The number of carbonyl (C=O) groups excluding carboxylic acids is 2. The molecule has 3 fully saturated rings. The number of nitrogens with zero attached hydrogens (tertiary/aromatic N) is 2. The molecule has 2 bridgehead atoms. The first-order valence-electron chi connectivity index (χ1n) is 10.6. The Morgan fingerprint density at radius 1 is 1.07 bits per heavy atom. The molecule has 1 aliphatic heterocycles. The zero-order valence-electron chi connectivity index (χ0n) is 17.1. The third kappa shape index (κ3) is 2.74. The lowest BCUT2D eigenvalue weighted by Gasteiger charge is -2.18. The maximum Gasteiger partial charge on any atom is 0.240 e. The molecule has 1 aromatic carbocycles. The standard InChI is InChI=1S/C24H26N2O2S/c1-4-5-14-6-8-15(9-7-14)18-12-29-24(25-18)26-22(27)20-16-10-11-17(19(16)13(2)3)21(20)23(26)28/h6-9,12,16-17,20-21H,4-5,10-11H2,1-3H3/t16-,17-,20+,21+/m0/s1. The Kier molecular flexibility index (Phi) is 4.46. The minimum atomic E-state index is -0.174. The summed E-state index contributed by atoms with van der Waals surface area (Å²) in [6, 6.07) is 8.42. The highest BCUT2D eigenvalue weighted by atomic mass is 32.1. The van der Waals surface area contributed by atoms with Crippen molar-refractivity contribution in [2.45, 2.75) is 46.5 Å². The van der Waals surface area contributed by atoms with Crippen molar-refractivity contribution < 1.29 is 9.59 Å². The predicted molar refractivity (Wildman–Crippen MR) is 116 cm³/mol. The molecule has 0 unspecified atom stereocenters. The Labute approximate surface area is 175 Å². The van der Waals surface area contributed by atoms with Gasteiger partial charge in [-0.05, 0) is 50.5 Å². The molecule has 2 heterocycles. The van der Waals surface area contributed by atoms with Crippen molar-refractivity contribution in [3.63, 3.8) is 0 Å². The molecule has 5 heteroatoms. The molecule has 150 valence electrons. The van der Waals surface area contributed by atoms with Gasteiger partial charge in [-0.2, -0.15) is 0 Å². The van der Waals surface area contributed by atoms with Gasteiger partial charge in [0, 0.05) is 10.9 Å². The lowest BCUT2D eigenvalue weighted by Crippen LogP contribution is -2.33. The number of allylic oxidation sites excluding steroid dienone is 2. The second-order valence-electron chi connectivity index (χ2n) is 8.77. The quantitative estimate of drug-likeness (QED) is 0.515. The van der Waals surface area contributed by atoms with Gasteiger partial charge in [-0.25, -0.2) is 9.88 Å². The van der Waals surface area contributed by atoms with Crippen molar-refractivity contribution >= 4 is 28.3 Å². The molecular weight excluding hydrogens is 380 g/mol. The van der Waals surface area contributed by atoms with Crippen LogP contribution < -0.4 is 4.90 Å². The van der Waals surface area contributed by atoms with Crippen LogP contribution in [0.5, 0.6) is 0 Å². The summed E-state index contributed by atoms with van der Waals surface area (Å²) in [6.07, 6.45) is 4.26. The number of anilines is 1. The van der Waals surface area contributed by atoms with Crippen molar-refractivity contribution in [2.24, 2.45) is 23.7 Å². The van der Waals surface area contributed by atoms with E-state index in [-0.39, 0.29) is 35.5 Å². The van der Waals surface area contributed by atoms with E-state index in [1.165, 1.54) is 32.9 Å². The van der Waals surface area contributed by atoms with Crippen molar-refractivity contribution in [1.29, 1.82) is 0 Å². The SMILES string of the molecule is CCCc1ccc(-c2csc(N3C(=O)[C@H]4[C@H](C3=O)[C@H]3CC[C@H]4C3=C(C)C)n2)cc1. The van der Waals surface area contributed by atoms with Crippen LogP contribution in [0, 0.1) is 23.7 Å². The average molecular weight is 407 g/mol. The molecule has 0 radical (unpaired) electrons.